The number of aryl methyl sites for hydroxylation is 2. The van der Waals surface area contributed by atoms with Crippen LogP contribution in [0.4, 0.5) is 5.13 Å². The van der Waals surface area contributed by atoms with E-state index in [-0.39, 0.29) is 6.10 Å². The number of aromatic nitrogens is 1. The zero-order valence-corrected chi connectivity index (χ0v) is 19.9. The van der Waals surface area contributed by atoms with Gasteiger partial charge in [-0.3, -0.25) is 4.99 Å². The average Bonchev–Trinajstić information content (AvgIpc) is 3.45. The van der Waals surface area contributed by atoms with Crippen LogP contribution in [0.25, 0.3) is 0 Å². The van der Waals surface area contributed by atoms with Crippen molar-refractivity contribution in [1.29, 1.82) is 0 Å². The second-order valence-corrected chi connectivity index (χ2v) is 9.30. The summed E-state index contributed by atoms with van der Waals surface area (Å²) in [6, 6.07) is 6.62. The molecule has 168 valence electrons. The molecule has 2 aliphatic heterocycles. The van der Waals surface area contributed by atoms with E-state index in [4.69, 9.17) is 14.7 Å². The van der Waals surface area contributed by atoms with Crippen LogP contribution in [-0.2, 0) is 11.2 Å². The lowest BCUT2D eigenvalue weighted by molar-refractivity contribution is -0.00833. The van der Waals surface area contributed by atoms with Gasteiger partial charge >= 0.3 is 0 Å². The van der Waals surface area contributed by atoms with E-state index in [9.17, 15) is 0 Å². The summed E-state index contributed by atoms with van der Waals surface area (Å²) in [4.78, 5) is 14.5. The number of hydrogen-bond acceptors (Lipinski definition) is 5. The van der Waals surface area contributed by atoms with Gasteiger partial charge in [0.1, 0.15) is 6.10 Å². The van der Waals surface area contributed by atoms with Gasteiger partial charge in [0.25, 0.3) is 0 Å². The van der Waals surface area contributed by atoms with Crippen molar-refractivity contribution in [3.63, 3.8) is 0 Å². The van der Waals surface area contributed by atoms with E-state index in [0.717, 1.165) is 57.3 Å². The molecule has 0 spiro atoms. The van der Waals surface area contributed by atoms with Crippen LogP contribution in [0, 0.1) is 13.8 Å². The Morgan fingerprint density at radius 1 is 1.26 bits per heavy atom. The van der Waals surface area contributed by atoms with Gasteiger partial charge in [-0.25, -0.2) is 4.98 Å². The van der Waals surface area contributed by atoms with Gasteiger partial charge in [0.05, 0.1) is 18.8 Å². The molecule has 3 heterocycles. The van der Waals surface area contributed by atoms with E-state index < -0.39 is 0 Å². The molecule has 0 saturated carbocycles. The fraction of sp³-hybridized carbons (Fsp3) is 0.583. The predicted octanol–water partition coefficient (Wildman–Crippen LogP) is 3.94. The molecule has 1 unspecified atom stereocenters. The Kier molecular flexibility index (Phi) is 7.45. The molecule has 0 bridgehead atoms. The maximum atomic E-state index is 6.13. The van der Waals surface area contributed by atoms with Crippen molar-refractivity contribution in [3.8, 4) is 0 Å². The Hall–Kier alpha value is -2.12. The number of hydrogen-bond donors (Lipinski definition) is 1. The van der Waals surface area contributed by atoms with Crippen LogP contribution in [0.5, 0.6) is 0 Å². The lowest BCUT2D eigenvalue weighted by Crippen LogP contribution is -2.48. The number of nitrogens with one attached hydrogen (secondary N) is 1. The summed E-state index contributed by atoms with van der Waals surface area (Å²) < 4.78 is 6.13. The fourth-order valence-corrected chi connectivity index (χ4v) is 5.30. The number of aliphatic imine (C=N–C) groups is 1. The van der Waals surface area contributed by atoms with E-state index in [1.54, 1.807) is 11.3 Å². The third-order valence-electron chi connectivity index (χ3n) is 6.02. The Balaban J connectivity index is 1.38. The highest BCUT2D eigenvalue weighted by Gasteiger charge is 2.25. The first-order chi connectivity index (χ1) is 15.1. The summed E-state index contributed by atoms with van der Waals surface area (Å²) in [6.45, 7) is 12.7. The molecule has 1 N–H and O–H groups in total. The SMILES string of the molecule is CCNC(=NCCc1csc(N2CCCC2)n1)N1CCOC(c2ccc(C)cc2C)C1. The molecule has 31 heavy (non-hydrogen) atoms. The third kappa shape index (κ3) is 5.57. The molecule has 6 nitrogen and oxygen atoms in total. The van der Waals surface area contributed by atoms with Crippen LogP contribution in [0.2, 0.25) is 0 Å². The Labute approximate surface area is 190 Å². The van der Waals surface area contributed by atoms with Crippen molar-refractivity contribution in [3.05, 3.63) is 46.0 Å². The molecule has 0 amide bonds. The van der Waals surface area contributed by atoms with Gasteiger partial charge in [0, 0.05) is 44.5 Å². The quantitative estimate of drug-likeness (QED) is 0.544. The minimum Gasteiger partial charge on any atom is -0.370 e. The molecule has 1 aromatic carbocycles. The highest BCUT2D eigenvalue weighted by atomic mass is 32.1. The van der Waals surface area contributed by atoms with Gasteiger partial charge in [-0.2, -0.15) is 0 Å². The molecule has 2 saturated heterocycles. The summed E-state index contributed by atoms with van der Waals surface area (Å²) in [5, 5.41) is 6.85. The molecular weight excluding hydrogens is 406 g/mol. The van der Waals surface area contributed by atoms with Crippen molar-refractivity contribution >= 4 is 22.4 Å². The number of nitrogens with zero attached hydrogens (tertiary/aromatic N) is 4. The third-order valence-corrected chi connectivity index (χ3v) is 6.97. The zero-order valence-electron chi connectivity index (χ0n) is 19.1. The highest BCUT2D eigenvalue weighted by molar-refractivity contribution is 7.13. The first-order valence-electron chi connectivity index (χ1n) is 11.6. The molecule has 1 atom stereocenters. The zero-order chi connectivity index (χ0) is 21.6. The van der Waals surface area contributed by atoms with Crippen LogP contribution in [0.1, 0.15) is 48.3 Å². The Morgan fingerprint density at radius 2 is 2.10 bits per heavy atom. The largest absolute Gasteiger partial charge is 0.370 e. The average molecular weight is 442 g/mol. The second-order valence-electron chi connectivity index (χ2n) is 8.47. The highest BCUT2D eigenvalue weighted by Crippen LogP contribution is 2.26. The molecule has 2 fully saturated rings. The number of anilines is 1. The van der Waals surface area contributed by atoms with Gasteiger partial charge < -0.3 is 19.9 Å². The number of morpholine rings is 1. The fourth-order valence-electron chi connectivity index (χ4n) is 4.38. The molecule has 0 aliphatic carbocycles. The summed E-state index contributed by atoms with van der Waals surface area (Å²) >= 11 is 1.77. The molecular formula is C24H35N5OS. The topological polar surface area (TPSA) is 53.0 Å². The van der Waals surface area contributed by atoms with Gasteiger partial charge in [-0.1, -0.05) is 23.8 Å². The van der Waals surface area contributed by atoms with Crippen molar-refractivity contribution < 1.29 is 4.74 Å². The van der Waals surface area contributed by atoms with Crippen molar-refractivity contribution in [2.24, 2.45) is 4.99 Å². The van der Waals surface area contributed by atoms with E-state index in [1.165, 1.54) is 34.7 Å². The first-order valence-corrected chi connectivity index (χ1v) is 12.4. The predicted molar refractivity (Wildman–Crippen MR) is 129 cm³/mol. The van der Waals surface area contributed by atoms with Crippen LogP contribution in [0.15, 0.2) is 28.6 Å². The van der Waals surface area contributed by atoms with E-state index in [0.29, 0.717) is 6.61 Å². The standard InChI is InChI=1S/C24H35N5OS/c1-4-25-23(26-10-9-20-17-31-24(27-20)28-11-5-6-12-28)29-13-14-30-22(16-29)21-8-7-18(2)15-19(21)3/h7-8,15,17,22H,4-6,9-14,16H2,1-3H3,(H,25,26). The van der Waals surface area contributed by atoms with E-state index in [1.807, 2.05) is 0 Å². The number of rotatable bonds is 6. The van der Waals surface area contributed by atoms with Gasteiger partial charge in [0.2, 0.25) is 0 Å². The Morgan fingerprint density at radius 3 is 2.87 bits per heavy atom. The number of guanidine groups is 1. The molecule has 1 aromatic heterocycles. The lowest BCUT2D eigenvalue weighted by atomic mass is 10.00. The molecule has 4 rings (SSSR count). The van der Waals surface area contributed by atoms with E-state index in [2.05, 4.69) is 59.5 Å². The van der Waals surface area contributed by atoms with E-state index >= 15 is 0 Å². The van der Waals surface area contributed by atoms with Crippen molar-refractivity contribution in [2.75, 3.05) is 50.8 Å². The molecule has 2 aromatic rings. The van der Waals surface area contributed by atoms with Crippen LogP contribution >= 0.6 is 11.3 Å². The summed E-state index contributed by atoms with van der Waals surface area (Å²) in [6.07, 6.45) is 3.53. The normalized spacial score (nSPS) is 19.8. The van der Waals surface area contributed by atoms with Gasteiger partial charge in [0.15, 0.2) is 11.1 Å². The summed E-state index contributed by atoms with van der Waals surface area (Å²) in [5.74, 6) is 0.982. The van der Waals surface area contributed by atoms with Crippen LogP contribution < -0.4 is 10.2 Å². The maximum Gasteiger partial charge on any atom is 0.194 e. The molecule has 0 radical (unpaired) electrons. The van der Waals surface area contributed by atoms with Crippen LogP contribution in [-0.4, -0.2) is 61.7 Å². The summed E-state index contributed by atoms with van der Waals surface area (Å²) in [5.41, 5.74) is 5.02. The minimum atomic E-state index is 0.0831. The maximum absolute atomic E-state index is 6.13. The first kappa shape index (κ1) is 22.1. The smallest absolute Gasteiger partial charge is 0.194 e. The summed E-state index contributed by atoms with van der Waals surface area (Å²) in [7, 11) is 0. The minimum absolute atomic E-state index is 0.0831. The molecule has 2 aliphatic rings. The van der Waals surface area contributed by atoms with Gasteiger partial charge in [-0.15, -0.1) is 11.3 Å². The molecule has 7 heteroatoms. The number of thiazole rings is 1. The second kappa shape index (κ2) is 10.5. The van der Waals surface area contributed by atoms with Crippen molar-refractivity contribution in [1.82, 2.24) is 15.2 Å². The lowest BCUT2D eigenvalue weighted by Gasteiger charge is -2.36. The Bertz CT molecular complexity index is 890. The van der Waals surface area contributed by atoms with Gasteiger partial charge in [-0.05, 0) is 44.7 Å². The number of benzene rings is 1. The monoisotopic (exact) mass is 441 g/mol. The van der Waals surface area contributed by atoms with Crippen LogP contribution in [0.3, 0.4) is 0 Å². The van der Waals surface area contributed by atoms with Crippen molar-refractivity contribution in [2.45, 2.75) is 46.1 Å². The number of ether oxygens (including phenoxy) is 1.